The Morgan fingerprint density at radius 3 is 2.42 bits per heavy atom. The minimum atomic E-state index is -1.03. The highest BCUT2D eigenvalue weighted by molar-refractivity contribution is 5.13. The third-order valence-electron chi connectivity index (χ3n) is 1.80. The van der Waals surface area contributed by atoms with Crippen LogP contribution in [0.15, 0.2) is 24.3 Å². The molecule has 0 unspecified atom stereocenters. The van der Waals surface area contributed by atoms with Gasteiger partial charge in [-0.2, -0.15) is 0 Å². The molecule has 0 aromatic rings. The molecule has 0 spiro atoms. The van der Waals surface area contributed by atoms with Crippen LogP contribution in [0, 0.1) is 0 Å². The van der Waals surface area contributed by atoms with Crippen molar-refractivity contribution in [1.82, 2.24) is 0 Å². The van der Waals surface area contributed by atoms with E-state index in [4.69, 9.17) is 0 Å². The van der Waals surface area contributed by atoms with Crippen LogP contribution in [-0.2, 0) is 0 Å². The first-order valence-electron chi connectivity index (χ1n) is 4.07. The van der Waals surface area contributed by atoms with Crippen LogP contribution in [0.25, 0.3) is 0 Å². The lowest BCUT2D eigenvalue weighted by Crippen LogP contribution is -2.35. The van der Waals surface area contributed by atoms with Crippen molar-refractivity contribution in [3.8, 4) is 0 Å². The first kappa shape index (κ1) is 11.4. The lowest BCUT2D eigenvalue weighted by molar-refractivity contribution is -0.0457. The molecule has 1 atom stereocenters. The zero-order chi connectivity index (χ0) is 9.78. The molecule has 0 aromatic heterocycles. The molecule has 0 fully saturated rings. The summed E-state index contributed by atoms with van der Waals surface area (Å²) in [4.78, 5) is 0. The number of hydrogen-bond donors (Lipinski definition) is 2. The molecule has 0 bridgehead atoms. The summed E-state index contributed by atoms with van der Waals surface area (Å²) < 4.78 is 0. The Morgan fingerprint density at radius 2 is 2.08 bits per heavy atom. The molecule has 70 valence electrons. The van der Waals surface area contributed by atoms with Crippen LogP contribution in [0.5, 0.6) is 0 Å². The SMILES string of the molecule is C=C/C(C)=C/C[C@@H](O)C(C)(C)O. The molecule has 2 nitrogen and oxygen atoms in total. The number of rotatable bonds is 4. The summed E-state index contributed by atoms with van der Waals surface area (Å²) in [6, 6.07) is 0. The minimum Gasteiger partial charge on any atom is -0.390 e. The van der Waals surface area contributed by atoms with Crippen molar-refractivity contribution < 1.29 is 10.2 Å². The van der Waals surface area contributed by atoms with Crippen molar-refractivity contribution in [2.24, 2.45) is 0 Å². The molecule has 0 saturated carbocycles. The van der Waals surface area contributed by atoms with E-state index in [0.717, 1.165) is 5.57 Å². The highest BCUT2D eigenvalue weighted by atomic mass is 16.3. The second-order valence-corrected chi connectivity index (χ2v) is 3.56. The van der Waals surface area contributed by atoms with Gasteiger partial charge in [0.05, 0.1) is 11.7 Å². The Labute approximate surface area is 74.2 Å². The van der Waals surface area contributed by atoms with Gasteiger partial charge in [-0.1, -0.05) is 24.3 Å². The topological polar surface area (TPSA) is 40.5 Å². The Balaban J connectivity index is 4.03. The van der Waals surface area contributed by atoms with Crippen LogP contribution < -0.4 is 0 Å². The van der Waals surface area contributed by atoms with Crippen LogP contribution >= 0.6 is 0 Å². The Kier molecular flexibility index (Phi) is 4.21. The van der Waals surface area contributed by atoms with Crippen molar-refractivity contribution >= 4 is 0 Å². The molecule has 0 aromatic carbocycles. The second kappa shape index (κ2) is 4.43. The molecule has 0 amide bonds. The fourth-order valence-corrected chi connectivity index (χ4v) is 0.669. The molecule has 0 rings (SSSR count). The van der Waals surface area contributed by atoms with E-state index in [1.165, 1.54) is 0 Å². The van der Waals surface area contributed by atoms with Gasteiger partial charge in [-0.3, -0.25) is 0 Å². The van der Waals surface area contributed by atoms with Gasteiger partial charge in [-0.05, 0) is 27.2 Å². The first-order valence-corrected chi connectivity index (χ1v) is 4.07. The molecule has 0 heterocycles. The van der Waals surface area contributed by atoms with E-state index in [0.29, 0.717) is 6.42 Å². The normalized spacial score (nSPS) is 15.9. The maximum atomic E-state index is 9.40. The lowest BCUT2D eigenvalue weighted by atomic mass is 9.98. The maximum Gasteiger partial charge on any atom is 0.0856 e. The van der Waals surface area contributed by atoms with Crippen molar-refractivity contribution in [3.05, 3.63) is 24.3 Å². The molecular weight excluding hydrogens is 152 g/mol. The average molecular weight is 170 g/mol. The summed E-state index contributed by atoms with van der Waals surface area (Å²) in [5.41, 5.74) is -0.0175. The second-order valence-electron chi connectivity index (χ2n) is 3.56. The number of hydrogen-bond acceptors (Lipinski definition) is 2. The van der Waals surface area contributed by atoms with Crippen molar-refractivity contribution in [2.75, 3.05) is 0 Å². The van der Waals surface area contributed by atoms with E-state index in [1.54, 1.807) is 19.9 Å². The van der Waals surface area contributed by atoms with Crippen LogP contribution in [0.1, 0.15) is 27.2 Å². The van der Waals surface area contributed by atoms with E-state index in [1.807, 2.05) is 13.0 Å². The Hall–Kier alpha value is -0.600. The van der Waals surface area contributed by atoms with Crippen molar-refractivity contribution in [3.63, 3.8) is 0 Å². The van der Waals surface area contributed by atoms with Crippen molar-refractivity contribution in [1.29, 1.82) is 0 Å². The van der Waals surface area contributed by atoms with Crippen LogP contribution in [0.3, 0.4) is 0 Å². The Bertz CT molecular complexity index is 175. The summed E-state index contributed by atoms with van der Waals surface area (Å²) in [6.07, 6.45) is 3.32. The third-order valence-corrected chi connectivity index (χ3v) is 1.80. The lowest BCUT2D eigenvalue weighted by Gasteiger charge is -2.23. The summed E-state index contributed by atoms with van der Waals surface area (Å²) >= 11 is 0. The van der Waals surface area contributed by atoms with E-state index in [9.17, 15) is 10.2 Å². The molecule has 0 saturated heterocycles. The molecule has 2 heteroatoms. The summed E-state index contributed by atoms with van der Waals surface area (Å²) in [6.45, 7) is 8.68. The van der Waals surface area contributed by atoms with Crippen LogP contribution in [0.4, 0.5) is 0 Å². The maximum absolute atomic E-state index is 9.40. The fraction of sp³-hybridized carbons (Fsp3) is 0.600. The average Bonchev–Trinajstić information content (AvgIpc) is 1.97. The van der Waals surface area contributed by atoms with E-state index in [-0.39, 0.29) is 0 Å². The van der Waals surface area contributed by atoms with E-state index < -0.39 is 11.7 Å². The van der Waals surface area contributed by atoms with Gasteiger partial charge in [0, 0.05) is 0 Å². The molecule has 0 aliphatic rings. The largest absolute Gasteiger partial charge is 0.390 e. The van der Waals surface area contributed by atoms with Gasteiger partial charge in [-0.25, -0.2) is 0 Å². The molecule has 0 aliphatic heterocycles. The highest BCUT2D eigenvalue weighted by Crippen LogP contribution is 2.13. The minimum absolute atomic E-state index is 0.460. The summed E-state index contributed by atoms with van der Waals surface area (Å²) in [5.74, 6) is 0. The predicted octanol–water partition coefficient (Wildman–Crippen LogP) is 1.64. The van der Waals surface area contributed by atoms with Crippen LogP contribution in [-0.4, -0.2) is 21.9 Å². The molecule has 0 radical (unpaired) electrons. The van der Waals surface area contributed by atoms with Gasteiger partial charge in [0.25, 0.3) is 0 Å². The number of allylic oxidation sites excluding steroid dienone is 2. The summed E-state index contributed by atoms with van der Waals surface area (Å²) in [7, 11) is 0. The quantitative estimate of drug-likeness (QED) is 0.630. The predicted molar refractivity (Wildman–Crippen MR) is 50.9 cm³/mol. The van der Waals surface area contributed by atoms with Gasteiger partial charge < -0.3 is 10.2 Å². The Morgan fingerprint density at radius 1 is 1.58 bits per heavy atom. The molecule has 12 heavy (non-hydrogen) atoms. The molecular formula is C10H18O2. The first-order chi connectivity index (χ1) is 5.38. The fourth-order valence-electron chi connectivity index (χ4n) is 0.669. The third kappa shape index (κ3) is 4.31. The standard InChI is InChI=1S/C10H18O2/c1-5-8(2)6-7-9(11)10(3,4)12/h5-6,9,11-12H,1,7H2,2-4H3/b8-6+/t9-/m1/s1. The molecule has 2 N–H and O–H groups in total. The van der Waals surface area contributed by atoms with E-state index >= 15 is 0 Å². The van der Waals surface area contributed by atoms with Gasteiger partial charge in [0.1, 0.15) is 0 Å². The zero-order valence-corrected chi connectivity index (χ0v) is 8.04. The highest BCUT2D eigenvalue weighted by Gasteiger charge is 2.22. The van der Waals surface area contributed by atoms with Gasteiger partial charge in [-0.15, -0.1) is 0 Å². The van der Waals surface area contributed by atoms with Gasteiger partial charge >= 0.3 is 0 Å². The van der Waals surface area contributed by atoms with Crippen molar-refractivity contribution in [2.45, 2.75) is 38.9 Å². The monoisotopic (exact) mass is 170 g/mol. The number of aliphatic hydroxyl groups excluding tert-OH is 1. The summed E-state index contributed by atoms with van der Waals surface area (Å²) in [5, 5.41) is 18.8. The number of aliphatic hydroxyl groups is 2. The van der Waals surface area contributed by atoms with E-state index in [2.05, 4.69) is 6.58 Å². The molecule has 0 aliphatic carbocycles. The smallest absolute Gasteiger partial charge is 0.0856 e. The van der Waals surface area contributed by atoms with Gasteiger partial charge in [0.15, 0.2) is 0 Å². The van der Waals surface area contributed by atoms with Gasteiger partial charge in [0.2, 0.25) is 0 Å². The zero-order valence-electron chi connectivity index (χ0n) is 8.04. The van der Waals surface area contributed by atoms with Crippen LogP contribution in [0.2, 0.25) is 0 Å².